The van der Waals surface area contributed by atoms with Gasteiger partial charge in [-0.25, -0.2) is 4.98 Å². The molecule has 6 rings (SSSR count). The normalized spacial score (nSPS) is 17.2. The van der Waals surface area contributed by atoms with Crippen molar-refractivity contribution in [1.29, 1.82) is 0 Å². The van der Waals surface area contributed by atoms with Crippen LogP contribution in [-0.4, -0.2) is 38.5 Å². The zero-order chi connectivity index (χ0) is 19.4. The van der Waals surface area contributed by atoms with Gasteiger partial charge in [0.25, 0.3) is 0 Å². The van der Waals surface area contributed by atoms with Crippen molar-refractivity contribution >= 4 is 27.5 Å². The average Bonchev–Trinajstić information content (AvgIpc) is 3.41. The molecule has 2 N–H and O–H groups in total. The Hall–Kier alpha value is -2.89. The predicted octanol–water partition coefficient (Wildman–Crippen LogP) is 4.68. The Labute approximate surface area is 169 Å². The molecule has 1 aromatic carbocycles. The van der Waals surface area contributed by atoms with Gasteiger partial charge in [-0.15, -0.1) is 0 Å². The van der Waals surface area contributed by atoms with Crippen LogP contribution in [0, 0.1) is 6.92 Å². The molecule has 148 valence electrons. The lowest BCUT2D eigenvalue weighted by molar-refractivity contribution is 0.579. The van der Waals surface area contributed by atoms with Gasteiger partial charge < -0.3 is 4.90 Å². The predicted molar refractivity (Wildman–Crippen MR) is 116 cm³/mol. The van der Waals surface area contributed by atoms with Gasteiger partial charge in [-0.1, -0.05) is 0 Å². The summed E-state index contributed by atoms with van der Waals surface area (Å²) in [6.45, 7) is 4.30. The van der Waals surface area contributed by atoms with Crippen molar-refractivity contribution < 1.29 is 0 Å². The fraction of sp³-hybridized carbons (Fsp3) is 0.435. The molecule has 0 bridgehead atoms. The molecule has 1 fully saturated rings. The molecule has 1 aliphatic carbocycles. The Balaban J connectivity index is 1.73. The van der Waals surface area contributed by atoms with Gasteiger partial charge in [-0.05, 0) is 69.1 Å². The third kappa shape index (κ3) is 2.58. The Bertz CT molecular complexity index is 1210. The standard InChI is InChI=1S/C23H26N6/c1-14-17(12-24-27-14)22-16-8-4-3-7-15(16)21-18-13-25-28-19(18)11-20(23(21)26-22)29-9-5-2-6-10-29/h11-13H,2-10H2,1H3,(H,24,27)(H,25,28). The molecular weight excluding hydrogens is 360 g/mol. The third-order valence-corrected chi connectivity index (χ3v) is 6.76. The zero-order valence-corrected chi connectivity index (χ0v) is 16.9. The second-order valence-electron chi connectivity index (χ2n) is 8.53. The lowest BCUT2D eigenvalue weighted by Gasteiger charge is -2.31. The molecule has 0 unspecified atom stereocenters. The van der Waals surface area contributed by atoms with E-state index in [1.54, 1.807) is 0 Å². The summed E-state index contributed by atoms with van der Waals surface area (Å²) < 4.78 is 0. The Morgan fingerprint density at radius 3 is 2.48 bits per heavy atom. The van der Waals surface area contributed by atoms with Crippen LogP contribution < -0.4 is 4.90 Å². The van der Waals surface area contributed by atoms with Gasteiger partial charge in [0, 0.05) is 35.1 Å². The van der Waals surface area contributed by atoms with Crippen LogP contribution in [-0.2, 0) is 12.8 Å². The number of piperidine rings is 1. The van der Waals surface area contributed by atoms with E-state index in [2.05, 4.69) is 38.3 Å². The number of nitrogens with one attached hydrogen (secondary N) is 2. The number of hydrogen-bond acceptors (Lipinski definition) is 4. The van der Waals surface area contributed by atoms with E-state index < -0.39 is 0 Å². The number of H-pyrrole nitrogens is 2. The van der Waals surface area contributed by atoms with E-state index in [9.17, 15) is 0 Å². The summed E-state index contributed by atoms with van der Waals surface area (Å²) in [7, 11) is 0. The average molecular weight is 387 g/mol. The molecule has 6 nitrogen and oxygen atoms in total. The van der Waals surface area contributed by atoms with Crippen molar-refractivity contribution in [2.24, 2.45) is 0 Å². The van der Waals surface area contributed by atoms with Gasteiger partial charge in [0.15, 0.2) is 0 Å². The van der Waals surface area contributed by atoms with Crippen LogP contribution in [0.25, 0.3) is 33.1 Å². The molecule has 1 saturated heterocycles. The van der Waals surface area contributed by atoms with Gasteiger partial charge >= 0.3 is 0 Å². The van der Waals surface area contributed by atoms with E-state index in [0.717, 1.165) is 53.9 Å². The molecule has 2 aliphatic rings. The number of rotatable bonds is 2. The van der Waals surface area contributed by atoms with E-state index in [4.69, 9.17) is 4.98 Å². The first kappa shape index (κ1) is 17.0. The Kier molecular flexibility index (Phi) is 3.86. The number of aryl methyl sites for hydroxylation is 2. The van der Waals surface area contributed by atoms with E-state index in [0.29, 0.717) is 0 Å². The number of fused-ring (bicyclic) bond motifs is 5. The number of aromatic nitrogens is 5. The molecule has 3 aromatic heterocycles. The summed E-state index contributed by atoms with van der Waals surface area (Å²) in [5.41, 5.74) is 9.76. The number of benzene rings is 1. The van der Waals surface area contributed by atoms with E-state index in [-0.39, 0.29) is 0 Å². The monoisotopic (exact) mass is 386 g/mol. The molecule has 0 spiro atoms. The van der Waals surface area contributed by atoms with Crippen LogP contribution in [0.1, 0.15) is 48.9 Å². The lowest BCUT2D eigenvalue weighted by Crippen LogP contribution is -2.29. The van der Waals surface area contributed by atoms with Crippen LogP contribution in [0.3, 0.4) is 0 Å². The molecule has 1 aliphatic heterocycles. The first-order chi connectivity index (χ1) is 14.3. The topological polar surface area (TPSA) is 73.5 Å². The highest BCUT2D eigenvalue weighted by atomic mass is 15.1. The van der Waals surface area contributed by atoms with Crippen molar-refractivity contribution in [2.45, 2.75) is 51.9 Å². The second-order valence-corrected chi connectivity index (χ2v) is 8.53. The fourth-order valence-electron chi connectivity index (χ4n) is 5.29. The lowest BCUT2D eigenvalue weighted by atomic mass is 9.85. The summed E-state index contributed by atoms with van der Waals surface area (Å²) in [4.78, 5) is 7.88. The minimum Gasteiger partial charge on any atom is -0.370 e. The largest absolute Gasteiger partial charge is 0.370 e. The van der Waals surface area contributed by atoms with Crippen molar-refractivity contribution in [3.63, 3.8) is 0 Å². The Morgan fingerprint density at radius 1 is 0.897 bits per heavy atom. The summed E-state index contributed by atoms with van der Waals surface area (Å²) in [5, 5.41) is 17.5. The maximum absolute atomic E-state index is 5.35. The highest BCUT2D eigenvalue weighted by Gasteiger charge is 2.25. The smallest absolute Gasteiger partial charge is 0.0954 e. The summed E-state index contributed by atoms with van der Waals surface area (Å²) in [6, 6.07) is 2.27. The van der Waals surface area contributed by atoms with Gasteiger partial charge in [0.2, 0.25) is 0 Å². The molecule has 0 radical (unpaired) electrons. The van der Waals surface area contributed by atoms with Gasteiger partial charge in [-0.3, -0.25) is 10.2 Å². The first-order valence-corrected chi connectivity index (χ1v) is 10.9. The molecule has 6 heteroatoms. The van der Waals surface area contributed by atoms with Gasteiger partial charge in [-0.2, -0.15) is 10.2 Å². The minimum atomic E-state index is 1.09. The SMILES string of the molecule is Cc1[nH]ncc1-c1nc2c(N3CCCCC3)cc3[nH]ncc3c2c2c1CCCC2. The van der Waals surface area contributed by atoms with Crippen molar-refractivity contribution in [3.05, 3.63) is 35.3 Å². The van der Waals surface area contributed by atoms with Crippen LogP contribution in [0.15, 0.2) is 18.5 Å². The number of anilines is 1. The van der Waals surface area contributed by atoms with Gasteiger partial charge in [0.05, 0.1) is 34.8 Å². The molecule has 4 aromatic rings. The number of pyridine rings is 1. The number of aromatic amines is 2. The van der Waals surface area contributed by atoms with Crippen molar-refractivity contribution in [3.8, 4) is 11.3 Å². The quantitative estimate of drug-likeness (QED) is 0.525. The summed E-state index contributed by atoms with van der Waals surface area (Å²) in [6.07, 6.45) is 12.4. The minimum absolute atomic E-state index is 1.09. The molecular formula is C23H26N6. The molecule has 0 saturated carbocycles. The molecule has 29 heavy (non-hydrogen) atoms. The summed E-state index contributed by atoms with van der Waals surface area (Å²) in [5.74, 6) is 0. The van der Waals surface area contributed by atoms with Crippen molar-refractivity contribution in [1.82, 2.24) is 25.4 Å². The van der Waals surface area contributed by atoms with E-state index in [1.165, 1.54) is 59.7 Å². The van der Waals surface area contributed by atoms with E-state index in [1.807, 2.05) is 12.4 Å². The second kappa shape index (κ2) is 6.58. The fourth-order valence-corrected chi connectivity index (χ4v) is 5.29. The van der Waals surface area contributed by atoms with Gasteiger partial charge in [0.1, 0.15) is 0 Å². The molecule has 0 amide bonds. The van der Waals surface area contributed by atoms with Crippen LogP contribution >= 0.6 is 0 Å². The van der Waals surface area contributed by atoms with Crippen molar-refractivity contribution in [2.75, 3.05) is 18.0 Å². The zero-order valence-electron chi connectivity index (χ0n) is 16.9. The third-order valence-electron chi connectivity index (χ3n) is 6.76. The maximum Gasteiger partial charge on any atom is 0.0954 e. The Morgan fingerprint density at radius 2 is 1.69 bits per heavy atom. The first-order valence-electron chi connectivity index (χ1n) is 10.9. The highest BCUT2D eigenvalue weighted by molar-refractivity contribution is 6.13. The van der Waals surface area contributed by atoms with Crippen LogP contribution in [0.5, 0.6) is 0 Å². The summed E-state index contributed by atoms with van der Waals surface area (Å²) >= 11 is 0. The van der Waals surface area contributed by atoms with Crippen LogP contribution in [0.2, 0.25) is 0 Å². The molecule has 4 heterocycles. The number of hydrogen-bond donors (Lipinski definition) is 2. The molecule has 0 atom stereocenters. The van der Waals surface area contributed by atoms with Crippen LogP contribution in [0.4, 0.5) is 5.69 Å². The maximum atomic E-state index is 5.35. The van der Waals surface area contributed by atoms with E-state index >= 15 is 0 Å². The highest BCUT2D eigenvalue weighted by Crippen LogP contribution is 2.42. The number of nitrogens with zero attached hydrogens (tertiary/aromatic N) is 4.